The highest BCUT2D eigenvalue weighted by Crippen LogP contribution is 2.17. The standard InChI is InChI=1S/C11H11F2N3O/c1-2-9-15-10(17-16-9)6-14-8-5-3-4-7(12)11(8)13/h3-5,14H,2,6H2,1H3. The average Bonchev–Trinajstić information content (AvgIpc) is 2.79. The maximum absolute atomic E-state index is 13.3. The van der Waals surface area contributed by atoms with E-state index >= 15 is 0 Å². The van der Waals surface area contributed by atoms with E-state index in [-0.39, 0.29) is 12.2 Å². The summed E-state index contributed by atoms with van der Waals surface area (Å²) in [5.74, 6) is -0.885. The van der Waals surface area contributed by atoms with Crippen molar-refractivity contribution in [2.24, 2.45) is 0 Å². The number of anilines is 1. The molecule has 0 saturated heterocycles. The van der Waals surface area contributed by atoms with Gasteiger partial charge in [-0.3, -0.25) is 0 Å². The summed E-state index contributed by atoms with van der Waals surface area (Å²) in [6.07, 6.45) is 0.665. The Bertz CT molecular complexity index is 513. The first-order valence-corrected chi connectivity index (χ1v) is 5.20. The number of hydrogen-bond donors (Lipinski definition) is 1. The Morgan fingerprint density at radius 2 is 2.18 bits per heavy atom. The largest absolute Gasteiger partial charge is 0.374 e. The summed E-state index contributed by atoms with van der Waals surface area (Å²) in [5, 5.41) is 6.39. The molecule has 0 bridgehead atoms. The minimum Gasteiger partial charge on any atom is -0.374 e. The number of hydrogen-bond acceptors (Lipinski definition) is 4. The Hall–Kier alpha value is -1.98. The lowest BCUT2D eigenvalue weighted by atomic mass is 10.3. The van der Waals surface area contributed by atoms with Crippen LogP contribution in [0.4, 0.5) is 14.5 Å². The average molecular weight is 239 g/mol. The Balaban J connectivity index is 2.04. The Kier molecular flexibility index (Phi) is 3.32. The van der Waals surface area contributed by atoms with E-state index in [9.17, 15) is 8.78 Å². The van der Waals surface area contributed by atoms with Gasteiger partial charge in [-0.2, -0.15) is 4.98 Å². The summed E-state index contributed by atoms with van der Waals surface area (Å²) >= 11 is 0. The fourth-order valence-corrected chi connectivity index (χ4v) is 1.32. The van der Waals surface area contributed by atoms with Gasteiger partial charge in [0.2, 0.25) is 5.89 Å². The van der Waals surface area contributed by atoms with E-state index in [4.69, 9.17) is 4.52 Å². The maximum atomic E-state index is 13.3. The molecular formula is C11H11F2N3O. The van der Waals surface area contributed by atoms with Gasteiger partial charge in [0.25, 0.3) is 0 Å². The molecule has 1 aromatic heterocycles. The van der Waals surface area contributed by atoms with Crippen LogP contribution in [0.3, 0.4) is 0 Å². The van der Waals surface area contributed by atoms with Gasteiger partial charge >= 0.3 is 0 Å². The van der Waals surface area contributed by atoms with E-state index < -0.39 is 11.6 Å². The van der Waals surface area contributed by atoms with Crippen molar-refractivity contribution in [2.45, 2.75) is 19.9 Å². The Morgan fingerprint density at radius 3 is 2.88 bits per heavy atom. The van der Waals surface area contributed by atoms with Crippen molar-refractivity contribution >= 4 is 5.69 Å². The molecule has 6 heteroatoms. The Morgan fingerprint density at radius 1 is 1.35 bits per heavy atom. The second-order valence-corrected chi connectivity index (χ2v) is 3.41. The quantitative estimate of drug-likeness (QED) is 0.890. The van der Waals surface area contributed by atoms with Gasteiger partial charge in [0.15, 0.2) is 17.5 Å². The van der Waals surface area contributed by atoms with Crippen molar-refractivity contribution in [3.05, 3.63) is 41.5 Å². The van der Waals surface area contributed by atoms with Crippen molar-refractivity contribution in [1.82, 2.24) is 10.1 Å². The molecule has 1 aromatic carbocycles. The molecule has 1 N–H and O–H groups in total. The molecule has 0 atom stereocenters. The number of aryl methyl sites for hydroxylation is 1. The predicted octanol–water partition coefficient (Wildman–Crippen LogP) is 2.52. The van der Waals surface area contributed by atoms with Crippen LogP contribution >= 0.6 is 0 Å². The summed E-state index contributed by atoms with van der Waals surface area (Å²) in [6, 6.07) is 3.92. The normalized spacial score (nSPS) is 10.5. The second-order valence-electron chi connectivity index (χ2n) is 3.41. The summed E-state index contributed by atoms with van der Waals surface area (Å²) in [5.41, 5.74) is 0.0706. The molecule has 90 valence electrons. The van der Waals surface area contributed by atoms with Crippen LogP contribution in [-0.2, 0) is 13.0 Å². The third-order valence-corrected chi connectivity index (χ3v) is 2.21. The van der Waals surface area contributed by atoms with Gasteiger partial charge in [0.05, 0.1) is 12.2 Å². The van der Waals surface area contributed by atoms with Crippen molar-refractivity contribution in [1.29, 1.82) is 0 Å². The number of benzene rings is 1. The lowest BCUT2D eigenvalue weighted by molar-refractivity contribution is 0.378. The van der Waals surface area contributed by atoms with Crippen LogP contribution in [-0.4, -0.2) is 10.1 Å². The van der Waals surface area contributed by atoms with Crippen molar-refractivity contribution < 1.29 is 13.3 Å². The van der Waals surface area contributed by atoms with Crippen LogP contribution < -0.4 is 5.32 Å². The summed E-state index contributed by atoms with van der Waals surface area (Å²) in [6.45, 7) is 2.06. The summed E-state index contributed by atoms with van der Waals surface area (Å²) in [7, 11) is 0. The van der Waals surface area contributed by atoms with E-state index in [1.807, 2.05) is 6.92 Å². The highest BCUT2D eigenvalue weighted by molar-refractivity contribution is 5.44. The van der Waals surface area contributed by atoms with E-state index in [0.29, 0.717) is 18.1 Å². The maximum Gasteiger partial charge on any atom is 0.245 e. The lowest BCUT2D eigenvalue weighted by Crippen LogP contribution is -2.03. The molecule has 0 aliphatic carbocycles. The first kappa shape index (κ1) is 11.5. The van der Waals surface area contributed by atoms with Crippen molar-refractivity contribution in [2.75, 3.05) is 5.32 Å². The van der Waals surface area contributed by atoms with Crippen LogP contribution in [0.1, 0.15) is 18.6 Å². The van der Waals surface area contributed by atoms with Gasteiger partial charge in [-0.25, -0.2) is 8.78 Å². The first-order valence-electron chi connectivity index (χ1n) is 5.20. The monoisotopic (exact) mass is 239 g/mol. The van der Waals surface area contributed by atoms with Gasteiger partial charge in [-0.05, 0) is 12.1 Å². The highest BCUT2D eigenvalue weighted by atomic mass is 19.2. The molecule has 0 fully saturated rings. The highest BCUT2D eigenvalue weighted by Gasteiger charge is 2.09. The summed E-state index contributed by atoms with van der Waals surface area (Å²) < 4.78 is 31.1. The van der Waals surface area contributed by atoms with Gasteiger partial charge in [0.1, 0.15) is 0 Å². The van der Waals surface area contributed by atoms with Crippen molar-refractivity contribution in [3.63, 3.8) is 0 Å². The van der Waals surface area contributed by atoms with Gasteiger partial charge < -0.3 is 9.84 Å². The zero-order valence-corrected chi connectivity index (χ0v) is 9.20. The molecule has 17 heavy (non-hydrogen) atoms. The van der Waals surface area contributed by atoms with Crippen LogP contribution in [0.2, 0.25) is 0 Å². The minimum atomic E-state index is -0.914. The van der Waals surface area contributed by atoms with Crippen LogP contribution in [0.5, 0.6) is 0 Å². The topological polar surface area (TPSA) is 51.0 Å². The van der Waals surface area contributed by atoms with E-state index in [2.05, 4.69) is 15.5 Å². The number of aromatic nitrogens is 2. The molecule has 0 radical (unpaired) electrons. The number of halogens is 2. The Labute approximate surface area is 96.6 Å². The molecule has 0 amide bonds. The van der Waals surface area contributed by atoms with E-state index in [0.717, 1.165) is 6.07 Å². The fraction of sp³-hybridized carbons (Fsp3) is 0.273. The van der Waals surface area contributed by atoms with Crippen LogP contribution in [0.25, 0.3) is 0 Å². The third-order valence-electron chi connectivity index (χ3n) is 2.21. The zero-order valence-electron chi connectivity index (χ0n) is 9.20. The molecule has 0 unspecified atom stereocenters. The van der Waals surface area contributed by atoms with Gasteiger partial charge in [-0.15, -0.1) is 0 Å². The van der Waals surface area contributed by atoms with Gasteiger partial charge in [-0.1, -0.05) is 18.1 Å². The number of nitrogens with one attached hydrogen (secondary N) is 1. The third kappa shape index (κ3) is 2.58. The molecule has 4 nitrogen and oxygen atoms in total. The SMILES string of the molecule is CCc1noc(CNc2cccc(F)c2F)n1. The molecule has 0 aliphatic heterocycles. The fourth-order valence-electron chi connectivity index (χ4n) is 1.32. The van der Waals surface area contributed by atoms with Crippen molar-refractivity contribution in [3.8, 4) is 0 Å². The number of nitrogens with zero attached hydrogens (tertiary/aromatic N) is 2. The second kappa shape index (κ2) is 4.90. The molecule has 2 aromatic rings. The van der Waals surface area contributed by atoms with Crippen LogP contribution in [0, 0.1) is 11.6 Å². The van der Waals surface area contributed by atoms with Crippen LogP contribution in [0.15, 0.2) is 22.7 Å². The molecule has 0 saturated carbocycles. The molecule has 1 heterocycles. The summed E-state index contributed by atoms with van der Waals surface area (Å²) in [4.78, 5) is 4.04. The minimum absolute atomic E-state index is 0.0706. The molecule has 0 spiro atoms. The van der Waals surface area contributed by atoms with E-state index in [1.54, 1.807) is 0 Å². The lowest BCUT2D eigenvalue weighted by Gasteiger charge is -2.04. The van der Waals surface area contributed by atoms with E-state index in [1.165, 1.54) is 12.1 Å². The first-order chi connectivity index (χ1) is 8.20. The molecule has 0 aliphatic rings. The predicted molar refractivity (Wildman–Crippen MR) is 57.4 cm³/mol. The zero-order chi connectivity index (χ0) is 12.3. The smallest absolute Gasteiger partial charge is 0.245 e. The van der Waals surface area contributed by atoms with Gasteiger partial charge in [0, 0.05) is 6.42 Å². The molecular weight excluding hydrogens is 228 g/mol. The number of rotatable bonds is 4. The molecule has 2 rings (SSSR count).